The van der Waals surface area contributed by atoms with Crippen LogP contribution in [-0.2, 0) is 9.53 Å². The fourth-order valence-corrected chi connectivity index (χ4v) is 2.11. The van der Waals surface area contributed by atoms with E-state index >= 15 is 0 Å². The van der Waals surface area contributed by atoms with E-state index in [0.717, 1.165) is 12.8 Å². The van der Waals surface area contributed by atoms with Gasteiger partial charge in [-0.25, -0.2) is 4.79 Å². The van der Waals surface area contributed by atoms with E-state index in [4.69, 9.17) is 14.2 Å². The molecule has 1 aromatic carbocycles. The van der Waals surface area contributed by atoms with Crippen LogP contribution in [0.3, 0.4) is 0 Å². The molecular formula is C19H27NO5. The summed E-state index contributed by atoms with van der Waals surface area (Å²) in [5.41, 5.74) is 0.325. The molecule has 1 atom stereocenters. The second kappa shape index (κ2) is 8.74. The minimum absolute atomic E-state index is 0.232. The highest BCUT2D eigenvalue weighted by atomic mass is 16.5. The van der Waals surface area contributed by atoms with E-state index < -0.39 is 12.1 Å². The van der Waals surface area contributed by atoms with Gasteiger partial charge < -0.3 is 19.5 Å². The number of carbonyl (C=O) groups excluding carboxylic acids is 2. The van der Waals surface area contributed by atoms with Gasteiger partial charge in [-0.3, -0.25) is 4.79 Å². The molecule has 6 nitrogen and oxygen atoms in total. The fourth-order valence-electron chi connectivity index (χ4n) is 2.11. The Labute approximate surface area is 148 Å². The van der Waals surface area contributed by atoms with Crippen LogP contribution in [0.1, 0.15) is 50.9 Å². The van der Waals surface area contributed by atoms with Gasteiger partial charge in [0.15, 0.2) is 17.6 Å². The van der Waals surface area contributed by atoms with Crippen LogP contribution in [0.25, 0.3) is 0 Å². The third-order valence-electron chi connectivity index (χ3n) is 3.63. The number of carbonyl (C=O) groups is 2. The molecule has 0 spiro atoms. The standard InChI is InChI=1S/C19H27NO5/c1-5-23-17-10-14(6-9-16(17)24-11-12(2)3)19(22)25-13(4)18(21)20-15-7-8-15/h6,9-10,12-13,15H,5,7-8,11H2,1-4H3,(H,20,21)/t13-/m1/s1. The van der Waals surface area contributed by atoms with Gasteiger partial charge in [0.25, 0.3) is 5.91 Å². The second-order valence-corrected chi connectivity index (χ2v) is 6.63. The van der Waals surface area contributed by atoms with Crippen LogP contribution in [0.4, 0.5) is 0 Å². The van der Waals surface area contributed by atoms with Crippen molar-refractivity contribution in [3.05, 3.63) is 23.8 Å². The largest absolute Gasteiger partial charge is 0.490 e. The molecule has 1 fully saturated rings. The highest BCUT2D eigenvalue weighted by Gasteiger charge is 2.27. The maximum atomic E-state index is 12.3. The molecule has 1 saturated carbocycles. The Kier molecular flexibility index (Phi) is 6.67. The summed E-state index contributed by atoms with van der Waals surface area (Å²) in [6.45, 7) is 8.56. The van der Waals surface area contributed by atoms with Crippen molar-refractivity contribution in [3.8, 4) is 11.5 Å². The zero-order chi connectivity index (χ0) is 18.4. The number of rotatable bonds is 9. The molecular weight excluding hydrogens is 322 g/mol. The lowest BCUT2D eigenvalue weighted by Crippen LogP contribution is -2.37. The summed E-state index contributed by atoms with van der Waals surface area (Å²) in [6, 6.07) is 5.13. The summed E-state index contributed by atoms with van der Waals surface area (Å²) < 4.78 is 16.5. The van der Waals surface area contributed by atoms with Crippen molar-refractivity contribution in [2.24, 2.45) is 5.92 Å². The average molecular weight is 349 g/mol. The normalized spacial score (nSPS) is 14.8. The zero-order valence-corrected chi connectivity index (χ0v) is 15.3. The van der Waals surface area contributed by atoms with Gasteiger partial charge in [0, 0.05) is 6.04 Å². The number of amides is 1. The lowest BCUT2D eigenvalue weighted by Gasteiger charge is -2.16. The van der Waals surface area contributed by atoms with Gasteiger partial charge in [-0.2, -0.15) is 0 Å². The van der Waals surface area contributed by atoms with Gasteiger partial charge in [0.05, 0.1) is 18.8 Å². The molecule has 1 N–H and O–H groups in total. The summed E-state index contributed by atoms with van der Waals surface area (Å²) in [4.78, 5) is 24.2. The molecule has 1 aliphatic rings. The van der Waals surface area contributed by atoms with Gasteiger partial charge in [0.1, 0.15) is 0 Å². The van der Waals surface area contributed by atoms with Crippen molar-refractivity contribution in [2.45, 2.75) is 52.7 Å². The smallest absolute Gasteiger partial charge is 0.339 e. The highest BCUT2D eigenvalue weighted by Crippen LogP contribution is 2.29. The molecule has 25 heavy (non-hydrogen) atoms. The average Bonchev–Trinajstić information content (AvgIpc) is 3.37. The first kappa shape index (κ1) is 19.1. The molecule has 0 radical (unpaired) electrons. The van der Waals surface area contributed by atoms with E-state index in [9.17, 15) is 9.59 Å². The minimum Gasteiger partial charge on any atom is -0.490 e. The predicted molar refractivity (Wildman–Crippen MR) is 94.0 cm³/mol. The third-order valence-corrected chi connectivity index (χ3v) is 3.63. The molecule has 1 aromatic rings. The van der Waals surface area contributed by atoms with Crippen molar-refractivity contribution in [2.75, 3.05) is 13.2 Å². The van der Waals surface area contributed by atoms with E-state index in [1.165, 1.54) is 0 Å². The van der Waals surface area contributed by atoms with Crippen LogP contribution in [0.2, 0.25) is 0 Å². The van der Waals surface area contributed by atoms with E-state index in [2.05, 4.69) is 19.2 Å². The quantitative estimate of drug-likeness (QED) is 0.694. The summed E-state index contributed by atoms with van der Waals surface area (Å²) in [5, 5.41) is 2.82. The Hall–Kier alpha value is -2.24. The van der Waals surface area contributed by atoms with Crippen LogP contribution in [0.15, 0.2) is 18.2 Å². The maximum Gasteiger partial charge on any atom is 0.339 e. The SMILES string of the molecule is CCOc1cc(C(=O)O[C@H](C)C(=O)NC2CC2)ccc1OCC(C)C. The third kappa shape index (κ3) is 5.96. The molecule has 0 aromatic heterocycles. The number of esters is 1. The van der Waals surface area contributed by atoms with Crippen LogP contribution >= 0.6 is 0 Å². The molecule has 138 valence electrons. The predicted octanol–water partition coefficient (Wildman–Crippen LogP) is 2.94. The molecule has 0 unspecified atom stereocenters. The van der Waals surface area contributed by atoms with E-state index in [-0.39, 0.29) is 11.9 Å². The highest BCUT2D eigenvalue weighted by molar-refractivity contribution is 5.93. The Bertz CT molecular complexity index is 610. The minimum atomic E-state index is -0.833. The van der Waals surface area contributed by atoms with Gasteiger partial charge in [-0.05, 0) is 50.8 Å². The number of hydrogen-bond acceptors (Lipinski definition) is 5. The van der Waals surface area contributed by atoms with E-state index in [1.54, 1.807) is 25.1 Å². The molecule has 0 aliphatic heterocycles. The van der Waals surface area contributed by atoms with Gasteiger partial charge >= 0.3 is 5.97 Å². The Morgan fingerprint density at radius 1 is 1.16 bits per heavy atom. The Balaban J connectivity index is 2.02. The molecule has 0 saturated heterocycles. The summed E-state index contributed by atoms with van der Waals surface area (Å²) in [5.74, 6) is 0.636. The first-order chi connectivity index (χ1) is 11.9. The monoisotopic (exact) mass is 349 g/mol. The van der Waals surface area contributed by atoms with Crippen molar-refractivity contribution in [1.82, 2.24) is 5.32 Å². The van der Waals surface area contributed by atoms with Crippen LogP contribution in [0.5, 0.6) is 11.5 Å². The molecule has 1 aliphatic carbocycles. The number of nitrogens with one attached hydrogen (secondary N) is 1. The topological polar surface area (TPSA) is 73.9 Å². The first-order valence-electron chi connectivity index (χ1n) is 8.81. The van der Waals surface area contributed by atoms with Crippen molar-refractivity contribution in [3.63, 3.8) is 0 Å². The number of ether oxygens (including phenoxy) is 3. The number of hydrogen-bond donors (Lipinski definition) is 1. The number of benzene rings is 1. The van der Waals surface area contributed by atoms with Crippen LogP contribution in [0, 0.1) is 5.92 Å². The summed E-state index contributed by atoms with van der Waals surface area (Å²) >= 11 is 0. The van der Waals surface area contributed by atoms with E-state index in [1.807, 2.05) is 6.92 Å². The van der Waals surface area contributed by atoms with Crippen molar-refractivity contribution < 1.29 is 23.8 Å². The molecule has 0 bridgehead atoms. The van der Waals surface area contributed by atoms with Crippen molar-refractivity contribution >= 4 is 11.9 Å². The van der Waals surface area contributed by atoms with Crippen molar-refractivity contribution in [1.29, 1.82) is 0 Å². The van der Waals surface area contributed by atoms with Crippen LogP contribution < -0.4 is 14.8 Å². The summed E-state index contributed by atoms with van der Waals surface area (Å²) in [6.07, 6.45) is 1.14. The van der Waals surface area contributed by atoms with E-state index in [0.29, 0.717) is 36.2 Å². The second-order valence-electron chi connectivity index (χ2n) is 6.63. The maximum absolute atomic E-state index is 12.3. The molecule has 0 heterocycles. The molecule has 1 amide bonds. The zero-order valence-electron chi connectivity index (χ0n) is 15.3. The lowest BCUT2D eigenvalue weighted by molar-refractivity contribution is -0.129. The van der Waals surface area contributed by atoms with Gasteiger partial charge in [0.2, 0.25) is 0 Å². The van der Waals surface area contributed by atoms with Gasteiger partial charge in [-0.15, -0.1) is 0 Å². The lowest BCUT2D eigenvalue weighted by atomic mass is 10.2. The Morgan fingerprint density at radius 2 is 1.88 bits per heavy atom. The Morgan fingerprint density at radius 3 is 2.48 bits per heavy atom. The molecule has 2 rings (SSSR count). The fraction of sp³-hybridized carbons (Fsp3) is 0.579. The van der Waals surface area contributed by atoms with Crippen LogP contribution in [-0.4, -0.2) is 37.2 Å². The van der Waals surface area contributed by atoms with Gasteiger partial charge in [-0.1, -0.05) is 13.8 Å². The summed E-state index contributed by atoms with van der Waals surface area (Å²) in [7, 11) is 0. The molecule has 6 heteroatoms. The first-order valence-corrected chi connectivity index (χ1v) is 8.81.